The zero-order chi connectivity index (χ0) is 19.4. The van der Waals surface area contributed by atoms with Crippen molar-refractivity contribution in [1.29, 1.82) is 0 Å². The average Bonchev–Trinajstić information content (AvgIpc) is 2.71. The molecule has 0 saturated carbocycles. The van der Waals surface area contributed by atoms with E-state index >= 15 is 0 Å². The van der Waals surface area contributed by atoms with Gasteiger partial charge >= 0.3 is 5.69 Å². The van der Waals surface area contributed by atoms with Gasteiger partial charge in [0.25, 0.3) is 5.56 Å². The monoisotopic (exact) mass is 371 g/mol. The number of amides is 1. The number of nitrogens with one attached hydrogen (secondary N) is 1. The SMILES string of the molecule is CCn1c(N2CCCC(C(=O)NCc3ccccn3)C2)cc(=O)n(C)c1=O. The van der Waals surface area contributed by atoms with E-state index in [2.05, 4.69) is 10.3 Å². The maximum Gasteiger partial charge on any atom is 0.332 e. The van der Waals surface area contributed by atoms with Crippen LogP contribution in [-0.2, 0) is 24.9 Å². The van der Waals surface area contributed by atoms with Gasteiger partial charge < -0.3 is 10.2 Å². The molecular formula is C19H25N5O3. The molecule has 0 bridgehead atoms. The number of carbonyl (C=O) groups excluding carboxylic acids is 1. The Morgan fingerprint density at radius 3 is 2.85 bits per heavy atom. The molecule has 1 unspecified atom stereocenters. The van der Waals surface area contributed by atoms with Gasteiger partial charge in [0.2, 0.25) is 5.91 Å². The molecule has 3 rings (SSSR count). The van der Waals surface area contributed by atoms with Crippen molar-refractivity contribution in [2.75, 3.05) is 18.0 Å². The fraction of sp³-hybridized carbons (Fsp3) is 0.474. The van der Waals surface area contributed by atoms with Crippen LogP contribution in [0.1, 0.15) is 25.5 Å². The van der Waals surface area contributed by atoms with E-state index < -0.39 is 0 Å². The van der Waals surface area contributed by atoms with Crippen LogP contribution in [-0.4, -0.2) is 33.1 Å². The molecule has 1 saturated heterocycles. The van der Waals surface area contributed by atoms with Gasteiger partial charge in [0.05, 0.1) is 18.2 Å². The zero-order valence-electron chi connectivity index (χ0n) is 15.7. The van der Waals surface area contributed by atoms with Gasteiger partial charge in [-0.2, -0.15) is 0 Å². The lowest BCUT2D eigenvalue weighted by atomic mass is 9.97. The Kier molecular flexibility index (Phi) is 5.73. The molecule has 8 nitrogen and oxygen atoms in total. The number of hydrogen-bond donors (Lipinski definition) is 1. The molecule has 0 radical (unpaired) electrons. The summed E-state index contributed by atoms with van der Waals surface area (Å²) in [7, 11) is 1.48. The molecule has 1 fully saturated rings. The number of piperidine rings is 1. The maximum atomic E-state index is 12.6. The van der Waals surface area contributed by atoms with E-state index in [1.54, 1.807) is 10.8 Å². The van der Waals surface area contributed by atoms with Crippen molar-refractivity contribution in [2.45, 2.75) is 32.9 Å². The summed E-state index contributed by atoms with van der Waals surface area (Å²) < 4.78 is 2.68. The van der Waals surface area contributed by atoms with E-state index in [1.807, 2.05) is 30.0 Å². The zero-order valence-corrected chi connectivity index (χ0v) is 15.7. The average molecular weight is 371 g/mol. The van der Waals surface area contributed by atoms with Gasteiger partial charge in [-0.3, -0.25) is 23.7 Å². The Bertz CT molecular complexity index is 919. The summed E-state index contributed by atoms with van der Waals surface area (Å²) in [5.41, 5.74) is 0.146. The third-order valence-electron chi connectivity index (χ3n) is 4.98. The van der Waals surface area contributed by atoms with Gasteiger partial charge in [0, 0.05) is 38.9 Å². The third-order valence-corrected chi connectivity index (χ3v) is 4.98. The predicted molar refractivity (Wildman–Crippen MR) is 103 cm³/mol. The Labute approximate surface area is 157 Å². The van der Waals surface area contributed by atoms with E-state index in [-0.39, 0.29) is 23.1 Å². The molecule has 1 atom stereocenters. The first-order valence-electron chi connectivity index (χ1n) is 9.24. The molecule has 0 aromatic carbocycles. The maximum absolute atomic E-state index is 12.6. The van der Waals surface area contributed by atoms with Gasteiger partial charge in [-0.05, 0) is 31.9 Å². The van der Waals surface area contributed by atoms with E-state index in [4.69, 9.17) is 0 Å². The molecule has 8 heteroatoms. The fourth-order valence-corrected chi connectivity index (χ4v) is 3.44. The number of aromatic nitrogens is 3. The largest absolute Gasteiger partial charge is 0.357 e. The molecule has 0 aliphatic carbocycles. The van der Waals surface area contributed by atoms with Gasteiger partial charge in [-0.25, -0.2) is 4.79 Å². The standard InChI is InChI=1S/C19H25N5O3/c1-3-24-16(11-17(25)22(2)19(24)27)23-10-6-7-14(13-23)18(26)21-12-15-8-4-5-9-20-15/h4-5,8-9,11,14H,3,6-7,10,12-13H2,1-2H3,(H,21,26). The lowest BCUT2D eigenvalue weighted by molar-refractivity contribution is -0.125. The van der Waals surface area contributed by atoms with Crippen LogP contribution in [0.2, 0.25) is 0 Å². The Morgan fingerprint density at radius 2 is 2.15 bits per heavy atom. The number of rotatable bonds is 5. The topological polar surface area (TPSA) is 89.2 Å². The number of nitrogens with zero attached hydrogens (tertiary/aromatic N) is 4. The van der Waals surface area contributed by atoms with Crippen molar-refractivity contribution in [1.82, 2.24) is 19.4 Å². The van der Waals surface area contributed by atoms with Crippen molar-refractivity contribution in [3.05, 3.63) is 57.0 Å². The van der Waals surface area contributed by atoms with Gasteiger partial charge in [0.1, 0.15) is 5.82 Å². The van der Waals surface area contributed by atoms with Crippen LogP contribution in [0.3, 0.4) is 0 Å². The summed E-state index contributed by atoms with van der Waals surface area (Å²) in [4.78, 5) is 43.2. The lowest BCUT2D eigenvalue weighted by Crippen LogP contribution is -2.47. The van der Waals surface area contributed by atoms with Crippen LogP contribution >= 0.6 is 0 Å². The smallest absolute Gasteiger partial charge is 0.332 e. The molecular weight excluding hydrogens is 346 g/mol. The summed E-state index contributed by atoms with van der Waals surface area (Å²) in [6.45, 7) is 3.94. The quantitative estimate of drug-likeness (QED) is 0.827. The predicted octanol–water partition coefficient (Wildman–Crippen LogP) is 0.495. The fourth-order valence-electron chi connectivity index (χ4n) is 3.44. The molecule has 27 heavy (non-hydrogen) atoms. The summed E-state index contributed by atoms with van der Waals surface area (Å²) in [6, 6.07) is 7.07. The molecule has 3 heterocycles. The van der Waals surface area contributed by atoms with Crippen LogP contribution < -0.4 is 21.5 Å². The first-order chi connectivity index (χ1) is 13.0. The summed E-state index contributed by atoms with van der Waals surface area (Å²) in [6.07, 6.45) is 3.31. The Morgan fingerprint density at radius 1 is 1.33 bits per heavy atom. The van der Waals surface area contributed by atoms with Crippen LogP contribution in [0.4, 0.5) is 5.82 Å². The minimum Gasteiger partial charge on any atom is -0.357 e. The summed E-state index contributed by atoms with van der Waals surface area (Å²) in [5, 5.41) is 2.94. The molecule has 1 N–H and O–H groups in total. The number of pyridine rings is 1. The molecule has 1 aliphatic rings. The highest BCUT2D eigenvalue weighted by Crippen LogP contribution is 2.22. The van der Waals surface area contributed by atoms with Crippen LogP contribution in [0.25, 0.3) is 0 Å². The van der Waals surface area contributed by atoms with Gasteiger partial charge in [-0.1, -0.05) is 6.07 Å². The second kappa shape index (κ2) is 8.20. The lowest BCUT2D eigenvalue weighted by Gasteiger charge is -2.34. The van der Waals surface area contributed by atoms with Crippen molar-refractivity contribution in [3.8, 4) is 0 Å². The van der Waals surface area contributed by atoms with Crippen LogP contribution in [0, 0.1) is 5.92 Å². The minimum atomic E-state index is -0.332. The van der Waals surface area contributed by atoms with Crippen molar-refractivity contribution < 1.29 is 4.79 Å². The van der Waals surface area contributed by atoms with E-state index in [1.165, 1.54) is 13.1 Å². The van der Waals surface area contributed by atoms with Crippen molar-refractivity contribution in [3.63, 3.8) is 0 Å². The second-order valence-electron chi connectivity index (χ2n) is 6.75. The third kappa shape index (κ3) is 4.10. The van der Waals surface area contributed by atoms with Gasteiger partial charge in [-0.15, -0.1) is 0 Å². The number of hydrogen-bond acceptors (Lipinski definition) is 5. The molecule has 1 aliphatic heterocycles. The number of anilines is 1. The minimum absolute atomic E-state index is 0.0282. The molecule has 1 amide bonds. The van der Waals surface area contributed by atoms with E-state index in [0.717, 1.165) is 29.6 Å². The summed E-state index contributed by atoms with van der Waals surface area (Å²) in [5.74, 6) is 0.374. The van der Waals surface area contributed by atoms with Crippen LogP contribution in [0.5, 0.6) is 0 Å². The molecule has 0 spiro atoms. The van der Waals surface area contributed by atoms with Crippen LogP contribution in [0.15, 0.2) is 40.1 Å². The highest BCUT2D eigenvalue weighted by atomic mass is 16.2. The van der Waals surface area contributed by atoms with E-state index in [0.29, 0.717) is 25.5 Å². The highest BCUT2D eigenvalue weighted by Gasteiger charge is 2.27. The second-order valence-corrected chi connectivity index (χ2v) is 6.75. The first-order valence-corrected chi connectivity index (χ1v) is 9.24. The Balaban J connectivity index is 1.74. The van der Waals surface area contributed by atoms with Gasteiger partial charge in [0.15, 0.2) is 0 Å². The van der Waals surface area contributed by atoms with Crippen molar-refractivity contribution in [2.24, 2.45) is 13.0 Å². The summed E-state index contributed by atoms with van der Waals surface area (Å²) >= 11 is 0. The number of carbonyl (C=O) groups is 1. The molecule has 2 aromatic heterocycles. The molecule has 144 valence electrons. The Hall–Kier alpha value is -2.90. The van der Waals surface area contributed by atoms with E-state index in [9.17, 15) is 14.4 Å². The first kappa shape index (κ1) is 18.9. The highest BCUT2D eigenvalue weighted by molar-refractivity contribution is 5.79. The normalized spacial score (nSPS) is 17.0. The van der Waals surface area contributed by atoms with Crippen molar-refractivity contribution >= 4 is 11.7 Å². The molecule has 2 aromatic rings.